The number of phenols is 1. The van der Waals surface area contributed by atoms with Crippen molar-refractivity contribution in [2.24, 2.45) is 4.99 Å². The summed E-state index contributed by atoms with van der Waals surface area (Å²) in [6.45, 7) is 4.26. The summed E-state index contributed by atoms with van der Waals surface area (Å²) < 4.78 is 0. The Hall–Kier alpha value is -2.33. The van der Waals surface area contributed by atoms with Gasteiger partial charge in [-0.3, -0.25) is 4.99 Å². The van der Waals surface area contributed by atoms with Crippen LogP contribution in [0, 0.1) is 0 Å². The summed E-state index contributed by atoms with van der Waals surface area (Å²) in [6.07, 6.45) is 0.127. The lowest BCUT2D eigenvalue weighted by molar-refractivity contribution is 0.174. The Morgan fingerprint density at radius 3 is 2.80 bits per heavy atom. The number of anilines is 1. The normalized spacial score (nSPS) is 14.9. The molecule has 1 heterocycles. The van der Waals surface area contributed by atoms with Crippen molar-refractivity contribution in [1.82, 2.24) is 0 Å². The number of hydrogen-bond donors (Lipinski definition) is 2. The predicted octanol–water partition coefficient (Wildman–Crippen LogP) is 2.78. The summed E-state index contributed by atoms with van der Waals surface area (Å²) in [5, 5.41) is 20.1. The third kappa shape index (κ3) is 2.04. The molecule has 2 aromatic carbocycles. The topological polar surface area (TPSA) is 56.1 Å². The van der Waals surface area contributed by atoms with Crippen LogP contribution in [-0.2, 0) is 6.42 Å². The molecule has 102 valence electrons. The van der Waals surface area contributed by atoms with E-state index in [-0.39, 0.29) is 5.75 Å². The number of aliphatic hydroxyl groups excluding tert-OH is 1. The van der Waals surface area contributed by atoms with Gasteiger partial charge in [-0.1, -0.05) is 18.2 Å². The first-order chi connectivity index (χ1) is 9.70. The first kappa shape index (κ1) is 12.7. The molecule has 4 nitrogen and oxygen atoms in total. The summed E-state index contributed by atoms with van der Waals surface area (Å²) in [6, 6.07) is 12.8. The second-order valence-electron chi connectivity index (χ2n) is 4.85. The maximum absolute atomic E-state index is 10.6. The molecule has 0 bridgehead atoms. The summed E-state index contributed by atoms with van der Waals surface area (Å²) >= 11 is 0. The molecule has 1 unspecified atom stereocenters. The number of hydrogen-bond acceptors (Lipinski definition) is 4. The second kappa shape index (κ2) is 4.98. The molecule has 1 aliphatic rings. The van der Waals surface area contributed by atoms with Gasteiger partial charge >= 0.3 is 0 Å². The molecule has 0 saturated carbocycles. The fourth-order valence-electron chi connectivity index (χ4n) is 2.67. The largest absolute Gasteiger partial charge is 0.508 e. The van der Waals surface area contributed by atoms with Crippen molar-refractivity contribution in [3.8, 4) is 5.75 Å². The minimum absolute atomic E-state index is 0.116. The van der Waals surface area contributed by atoms with Crippen LogP contribution in [0.4, 0.5) is 11.4 Å². The molecule has 3 rings (SSSR count). The van der Waals surface area contributed by atoms with E-state index in [0.29, 0.717) is 11.3 Å². The Kier molecular flexibility index (Phi) is 3.16. The molecule has 0 spiro atoms. The average Bonchev–Trinajstić information content (AvgIpc) is 2.90. The number of rotatable bonds is 3. The summed E-state index contributed by atoms with van der Waals surface area (Å²) in [7, 11) is 0. The maximum atomic E-state index is 10.6. The highest BCUT2D eigenvalue weighted by Gasteiger charge is 2.26. The van der Waals surface area contributed by atoms with Crippen LogP contribution in [0.2, 0.25) is 0 Å². The molecule has 0 aliphatic carbocycles. The Labute approximate surface area is 117 Å². The third-order valence-electron chi connectivity index (χ3n) is 3.68. The monoisotopic (exact) mass is 268 g/mol. The first-order valence-electron chi connectivity index (χ1n) is 6.53. The third-order valence-corrected chi connectivity index (χ3v) is 3.68. The van der Waals surface area contributed by atoms with Crippen LogP contribution >= 0.6 is 0 Å². The summed E-state index contributed by atoms with van der Waals surface area (Å²) in [4.78, 5) is 5.82. The van der Waals surface area contributed by atoms with E-state index in [1.165, 1.54) is 11.6 Å². The van der Waals surface area contributed by atoms with E-state index in [1.807, 2.05) is 23.1 Å². The SMILES string of the molecule is C=Nc1cc(O)ccc1C(O)N1CCc2ccccc21. The van der Waals surface area contributed by atoms with Crippen molar-refractivity contribution in [3.05, 3.63) is 53.6 Å². The fraction of sp³-hybridized carbons (Fsp3) is 0.188. The number of nitrogens with zero attached hydrogens (tertiary/aromatic N) is 2. The van der Waals surface area contributed by atoms with E-state index in [1.54, 1.807) is 12.1 Å². The molecule has 4 heteroatoms. The molecular weight excluding hydrogens is 252 g/mol. The Bertz CT molecular complexity index is 655. The van der Waals surface area contributed by atoms with Crippen molar-refractivity contribution >= 4 is 18.1 Å². The number of aromatic hydroxyl groups is 1. The zero-order chi connectivity index (χ0) is 14.1. The van der Waals surface area contributed by atoms with Gasteiger partial charge in [0.15, 0.2) is 6.23 Å². The van der Waals surface area contributed by atoms with Crippen LogP contribution in [0.15, 0.2) is 47.5 Å². The van der Waals surface area contributed by atoms with Gasteiger partial charge in [0, 0.05) is 23.9 Å². The Balaban J connectivity index is 1.98. The average molecular weight is 268 g/mol. The second-order valence-corrected chi connectivity index (χ2v) is 4.85. The van der Waals surface area contributed by atoms with Crippen molar-refractivity contribution in [3.63, 3.8) is 0 Å². The molecule has 0 aromatic heterocycles. The standard InChI is InChI=1S/C16H16N2O2/c1-17-14-10-12(19)6-7-13(14)16(20)18-9-8-11-4-2-3-5-15(11)18/h2-7,10,16,19-20H,1,8-9H2. The van der Waals surface area contributed by atoms with Crippen molar-refractivity contribution < 1.29 is 10.2 Å². The number of phenolic OH excluding ortho intramolecular Hbond substituents is 1. The predicted molar refractivity (Wildman–Crippen MR) is 79.8 cm³/mol. The highest BCUT2D eigenvalue weighted by molar-refractivity contribution is 5.62. The van der Waals surface area contributed by atoms with Crippen LogP contribution < -0.4 is 4.90 Å². The van der Waals surface area contributed by atoms with Crippen LogP contribution in [0.3, 0.4) is 0 Å². The molecule has 0 amide bonds. The van der Waals surface area contributed by atoms with Gasteiger partial charge in [0.25, 0.3) is 0 Å². The van der Waals surface area contributed by atoms with Gasteiger partial charge in [0.1, 0.15) is 5.75 Å². The Morgan fingerprint density at radius 1 is 1.20 bits per heavy atom. The van der Waals surface area contributed by atoms with Gasteiger partial charge in [-0.2, -0.15) is 0 Å². The van der Waals surface area contributed by atoms with Crippen LogP contribution in [-0.4, -0.2) is 23.5 Å². The quantitative estimate of drug-likeness (QED) is 0.842. The van der Waals surface area contributed by atoms with Crippen molar-refractivity contribution in [2.75, 3.05) is 11.4 Å². The van der Waals surface area contributed by atoms with Crippen LogP contribution in [0.25, 0.3) is 0 Å². The van der Waals surface area contributed by atoms with Gasteiger partial charge in [-0.05, 0) is 36.9 Å². The fourth-order valence-corrected chi connectivity index (χ4v) is 2.67. The molecule has 1 aliphatic heterocycles. The lowest BCUT2D eigenvalue weighted by Gasteiger charge is -2.27. The van der Waals surface area contributed by atoms with E-state index >= 15 is 0 Å². The summed E-state index contributed by atoms with van der Waals surface area (Å²) in [5.74, 6) is 0.116. The number of benzene rings is 2. The number of fused-ring (bicyclic) bond motifs is 1. The zero-order valence-electron chi connectivity index (χ0n) is 11.0. The maximum Gasteiger partial charge on any atom is 0.155 e. The molecule has 0 saturated heterocycles. The van der Waals surface area contributed by atoms with Crippen LogP contribution in [0.1, 0.15) is 17.4 Å². The van der Waals surface area contributed by atoms with Crippen molar-refractivity contribution in [2.45, 2.75) is 12.6 Å². The van der Waals surface area contributed by atoms with Crippen LogP contribution in [0.5, 0.6) is 5.75 Å². The van der Waals surface area contributed by atoms with Gasteiger partial charge < -0.3 is 15.1 Å². The Morgan fingerprint density at radius 2 is 2.00 bits per heavy atom. The minimum Gasteiger partial charge on any atom is -0.508 e. The van der Waals surface area contributed by atoms with Gasteiger partial charge in [-0.15, -0.1) is 0 Å². The lowest BCUT2D eigenvalue weighted by atomic mass is 10.1. The molecule has 2 aromatic rings. The zero-order valence-corrected chi connectivity index (χ0v) is 11.0. The van der Waals surface area contributed by atoms with Gasteiger partial charge in [0.2, 0.25) is 0 Å². The van der Waals surface area contributed by atoms with Crippen molar-refractivity contribution in [1.29, 1.82) is 0 Å². The van der Waals surface area contributed by atoms with E-state index in [0.717, 1.165) is 18.7 Å². The van der Waals surface area contributed by atoms with E-state index in [4.69, 9.17) is 0 Å². The molecule has 20 heavy (non-hydrogen) atoms. The molecule has 2 N–H and O–H groups in total. The number of para-hydroxylation sites is 1. The van der Waals surface area contributed by atoms with Gasteiger partial charge in [0.05, 0.1) is 5.69 Å². The first-order valence-corrected chi connectivity index (χ1v) is 6.53. The number of aliphatic imine (C=N–C) groups is 1. The molecular formula is C16H16N2O2. The minimum atomic E-state index is -0.792. The van der Waals surface area contributed by atoms with Gasteiger partial charge in [-0.25, -0.2) is 0 Å². The molecule has 0 radical (unpaired) electrons. The highest BCUT2D eigenvalue weighted by atomic mass is 16.3. The summed E-state index contributed by atoms with van der Waals surface area (Å²) in [5.41, 5.74) is 3.43. The molecule has 1 atom stereocenters. The van der Waals surface area contributed by atoms with E-state index in [2.05, 4.69) is 17.8 Å². The van der Waals surface area contributed by atoms with E-state index < -0.39 is 6.23 Å². The molecule has 0 fully saturated rings. The highest BCUT2D eigenvalue weighted by Crippen LogP contribution is 2.37. The number of aliphatic hydroxyl groups is 1. The smallest absolute Gasteiger partial charge is 0.155 e. The van der Waals surface area contributed by atoms with E-state index in [9.17, 15) is 10.2 Å². The lowest BCUT2D eigenvalue weighted by Crippen LogP contribution is -2.26.